The number of phenolic OH excluding ortho intramolecular Hbond substituents is 1. The summed E-state index contributed by atoms with van der Waals surface area (Å²) in [6, 6.07) is 7.67. The van der Waals surface area contributed by atoms with Crippen LogP contribution in [0.5, 0.6) is 17.2 Å². The normalized spacial score (nSPS) is 29.1. The summed E-state index contributed by atoms with van der Waals surface area (Å²) in [5.41, 5.74) is 4.75. The van der Waals surface area contributed by atoms with Crippen molar-refractivity contribution in [2.45, 2.75) is 82.9 Å². The minimum atomic E-state index is -0.452. The quantitative estimate of drug-likeness (QED) is 0.346. The van der Waals surface area contributed by atoms with Gasteiger partial charge in [-0.15, -0.1) is 0 Å². The minimum Gasteiger partial charge on any atom is -0.508 e. The number of nitrogens with zero attached hydrogens (tertiary/aromatic N) is 2. The molecule has 5 atom stereocenters. The van der Waals surface area contributed by atoms with E-state index >= 15 is 0 Å². The van der Waals surface area contributed by atoms with Crippen molar-refractivity contribution in [3.05, 3.63) is 52.1 Å². The van der Waals surface area contributed by atoms with Gasteiger partial charge in [0.15, 0.2) is 11.5 Å². The highest BCUT2D eigenvalue weighted by Crippen LogP contribution is 2.65. The molecule has 7 rings (SSSR count). The number of carbonyl (C=O) groups excluding carboxylic acids is 2. The van der Waals surface area contributed by atoms with Gasteiger partial charge < -0.3 is 19.5 Å². The van der Waals surface area contributed by atoms with Crippen LogP contribution in [0, 0.1) is 37.5 Å². The monoisotopic (exact) mass is 554 g/mol. The van der Waals surface area contributed by atoms with Gasteiger partial charge in [0.05, 0.1) is 6.04 Å². The van der Waals surface area contributed by atoms with Crippen molar-refractivity contribution in [2.24, 2.45) is 11.8 Å². The number of likely N-dealkylation sites (tertiary alicyclic amines) is 1. The first-order chi connectivity index (χ1) is 19.7. The summed E-state index contributed by atoms with van der Waals surface area (Å²) in [5, 5.41) is 11.2. The van der Waals surface area contributed by atoms with Crippen molar-refractivity contribution in [1.29, 1.82) is 0 Å². The van der Waals surface area contributed by atoms with Crippen LogP contribution >= 0.6 is 0 Å². The molecule has 1 saturated heterocycles. The van der Waals surface area contributed by atoms with E-state index in [4.69, 9.17) is 9.47 Å². The SMILES string of the molecule is CC(=O)Oc1cc(O)c2c3c1O[C@H]1[C@H](N(C)C(=O)C#Cc4ccc(C)c(C)c4)CC[C@H]4[C@@H](C2)N(CC2CC2)CC[C@@]341. The Kier molecular flexibility index (Phi) is 6.13. The predicted octanol–water partition coefficient (Wildman–Crippen LogP) is 4.26. The van der Waals surface area contributed by atoms with Crippen LogP contribution in [0.15, 0.2) is 24.3 Å². The molecule has 7 nitrogen and oxygen atoms in total. The minimum absolute atomic E-state index is 0.172. The Balaban J connectivity index is 1.26. The summed E-state index contributed by atoms with van der Waals surface area (Å²) in [4.78, 5) is 29.9. The van der Waals surface area contributed by atoms with E-state index in [1.54, 1.807) is 11.0 Å². The van der Waals surface area contributed by atoms with E-state index in [2.05, 4.69) is 23.7 Å². The van der Waals surface area contributed by atoms with Crippen LogP contribution in [0.3, 0.4) is 0 Å². The highest BCUT2D eigenvalue weighted by atomic mass is 16.6. The number of hydrogen-bond acceptors (Lipinski definition) is 6. The molecule has 41 heavy (non-hydrogen) atoms. The second kappa shape index (κ2) is 9.52. The Morgan fingerprint density at radius 3 is 2.71 bits per heavy atom. The summed E-state index contributed by atoms with van der Waals surface area (Å²) in [6.45, 7) is 7.55. The molecule has 214 valence electrons. The summed E-state index contributed by atoms with van der Waals surface area (Å²) in [6.07, 6.45) is 5.76. The molecule has 7 heteroatoms. The third kappa shape index (κ3) is 4.14. The molecule has 3 fully saturated rings. The molecule has 3 aliphatic carbocycles. The number of carbonyl (C=O) groups is 2. The number of likely N-dealkylation sites (N-methyl/N-ethyl adjacent to an activating group) is 1. The summed E-state index contributed by atoms with van der Waals surface area (Å²) in [5.74, 6) is 7.42. The topological polar surface area (TPSA) is 79.3 Å². The van der Waals surface area contributed by atoms with Gasteiger partial charge in [-0.3, -0.25) is 14.5 Å². The molecule has 2 aromatic rings. The second-order valence-electron chi connectivity index (χ2n) is 12.9. The van der Waals surface area contributed by atoms with Gasteiger partial charge in [0.1, 0.15) is 11.9 Å². The second-order valence-corrected chi connectivity index (χ2v) is 12.9. The highest BCUT2D eigenvalue weighted by Gasteiger charge is 2.67. The molecule has 0 aromatic heterocycles. The van der Waals surface area contributed by atoms with Crippen LogP contribution in [-0.4, -0.2) is 65.1 Å². The Hall–Kier alpha value is -3.50. The maximum Gasteiger partial charge on any atom is 0.308 e. The van der Waals surface area contributed by atoms with Crippen molar-refractivity contribution in [1.82, 2.24) is 9.80 Å². The molecule has 1 amide bonds. The Morgan fingerprint density at radius 1 is 1.17 bits per heavy atom. The third-order valence-corrected chi connectivity index (χ3v) is 10.6. The van der Waals surface area contributed by atoms with Crippen LogP contribution in [0.2, 0.25) is 0 Å². The molecule has 2 bridgehead atoms. The van der Waals surface area contributed by atoms with Crippen molar-refractivity contribution < 1.29 is 24.2 Å². The maximum absolute atomic E-state index is 13.5. The number of aromatic hydroxyl groups is 1. The van der Waals surface area contributed by atoms with E-state index in [1.165, 1.54) is 25.3 Å². The first kappa shape index (κ1) is 26.4. The van der Waals surface area contributed by atoms with Crippen molar-refractivity contribution >= 4 is 11.9 Å². The van der Waals surface area contributed by atoms with Gasteiger partial charge in [-0.1, -0.05) is 12.0 Å². The third-order valence-electron chi connectivity index (χ3n) is 10.6. The Bertz CT molecular complexity index is 1520. The maximum atomic E-state index is 13.5. The van der Waals surface area contributed by atoms with Crippen molar-refractivity contribution in [3.63, 3.8) is 0 Å². The van der Waals surface area contributed by atoms with Gasteiger partial charge in [0, 0.05) is 60.7 Å². The fraction of sp³-hybridized carbons (Fsp3) is 0.529. The molecule has 0 radical (unpaired) electrons. The predicted molar refractivity (Wildman–Crippen MR) is 154 cm³/mol. The smallest absolute Gasteiger partial charge is 0.308 e. The van der Waals surface area contributed by atoms with Gasteiger partial charge in [-0.2, -0.15) is 0 Å². The van der Waals surface area contributed by atoms with Crippen LogP contribution < -0.4 is 9.47 Å². The number of amides is 1. The van der Waals surface area contributed by atoms with Gasteiger partial charge >= 0.3 is 5.97 Å². The first-order valence-corrected chi connectivity index (χ1v) is 15.0. The molecule has 2 heterocycles. The number of piperidine rings is 1. The lowest BCUT2D eigenvalue weighted by atomic mass is 9.50. The number of phenols is 1. The van der Waals surface area contributed by atoms with Gasteiger partial charge in [0.25, 0.3) is 5.91 Å². The number of rotatable bonds is 4. The van der Waals surface area contributed by atoms with E-state index in [0.29, 0.717) is 17.7 Å². The number of hydrogen-bond donors (Lipinski definition) is 1. The molecule has 1 N–H and O–H groups in total. The zero-order valence-electron chi connectivity index (χ0n) is 24.3. The average Bonchev–Trinajstić information content (AvgIpc) is 3.69. The largest absolute Gasteiger partial charge is 0.508 e. The number of aryl methyl sites for hydroxylation is 2. The highest BCUT2D eigenvalue weighted by molar-refractivity contribution is 5.94. The fourth-order valence-electron chi connectivity index (χ4n) is 8.32. The Labute approximate surface area is 241 Å². The first-order valence-electron chi connectivity index (χ1n) is 15.0. The van der Waals surface area contributed by atoms with Crippen LogP contribution in [0.25, 0.3) is 0 Å². The van der Waals surface area contributed by atoms with E-state index in [1.807, 2.05) is 32.2 Å². The average molecular weight is 555 g/mol. The van der Waals surface area contributed by atoms with E-state index in [0.717, 1.165) is 66.9 Å². The molecule has 2 aliphatic heterocycles. The van der Waals surface area contributed by atoms with Crippen LogP contribution in [0.4, 0.5) is 0 Å². The summed E-state index contributed by atoms with van der Waals surface area (Å²) in [7, 11) is 1.83. The zero-order chi connectivity index (χ0) is 28.6. The van der Waals surface area contributed by atoms with E-state index < -0.39 is 5.97 Å². The van der Waals surface area contributed by atoms with E-state index in [9.17, 15) is 14.7 Å². The van der Waals surface area contributed by atoms with Crippen LogP contribution in [0.1, 0.15) is 66.8 Å². The Morgan fingerprint density at radius 2 is 1.98 bits per heavy atom. The van der Waals surface area contributed by atoms with Gasteiger partial charge in [-0.25, -0.2) is 0 Å². The van der Waals surface area contributed by atoms with Crippen molar-refractivity contribution in [2.75, 3.05) is 20.1 Å². The van der Waals surface area contributed by atoms with Gasteiger partial charge in [0.2, 0.25) is 0 Å². The molecule has 1 spiro atoms. The lowest BCUT2D eigenvalue weighted by Gasteiger charge is -2.60. The zero-order valence-corrected chi connectivity index (χ0v) is 24.3. The van der Waals surface area contributed by atoms with Gasteiger partial charge in [-0.05, 0) is 94.0 Å². The fourth-order valence-corrected chi connectivity index (χ4v) is 8.32. The molecule has 2 saturated carbocycles. The molecule has 5 aliphatic rings. The number of ether oxygens (including phenoxy) is 2. The molecular weight excluding hydrogens is 516 g/mol. The number of esters is 1. The van der Waals surface area contributed by atoms with Crippen LogP contribution in [-0.2, 0) is 21.4 Å². The van der Waals surface area contributed by atoms with E-state index in [-0.39, 0.29) is 35.0 Å². The summed E-state index contributed by atoms with van der Waals surface area (Å²) >= 11 is 0. The molecule has 0 unspecified atom stereocenters. The lowest BCUT2D eigenvalue weighted by molar-refractivity contribution is -0.134. The number of benzene rings is 2. The lowest BCUT2D eigenvalue weighted by Crippen LogP contribution is -2.69. The molecule has 2 aromatic carbocycles. The molecular formula is C34H38N2O5. The standard InChI is InChI=1S/C34H38N2O5/c1-19-5-6-22(15-20(19)2)9-12-30(39)35(4)26-11-10-25-27-16-24-28(38)17-29(40-21(3)37)32-31(24)34(25,33(26)41-32)13-14-36(27)18-23-7-8-23/h5-6,15,17,23,25-27,33,38H,7-8,10-11,13-14,16,18H2,1-4H3/t25-,26+,27+,33-,34-/m0/s1. The van der Waals surface area contributed by atoms with Crippen molar-refractivity contribution in [3.8, 4) is 29.1 Å². The summed E-state index contributed by atoms with van der Waals surface area (Å²) < 4.78 is 12.4.